The Balaban J connectivity index is 3.50. The van der Waals surface area contributed by atoms with Crippen LogP contribution >= 0.6 is 0 Å². The van der Waals surface area contributed by atoms with Crippen molar-refractivity contribution in [3.8, 4) is 0 Å². The number of hydrogen-bond donors (Lipinski definition) is 0. The lowest BCUT2D eigenvalue weighted by Crippen LogP contribution is -2.07. The van der Waals surface area contributed by atoms with E-state index in [0.29, 0.717) is 6.26 Å². The highest BCUT2D eigenvalue weighted by Gasteiger charge is 2.19. The third-order valence-corrected chi connectivity index (χ3v) is 2.19. The topological polar surface area (TPSA) is 47.0 Å². The van der Waals surface area contributed by atoms with Crippen molar-refractivity contribution in [3.05, 3.63) is 23.6 Å². The fourth-order valence-electron chi connectivity index (χ4n) is 0.689. The molecule has 0 aliphatic rings. The highest BCUT2D eigenvalue weighted by atomic mass is 32.2. The standard InChI is InChI=1S/C6H4F3NO2S/c1-13(11,12)6-4(8)2-3(7)5(9)10-6/h2H,1H3. The third-order valence-electron chi connectivity index (χ3n) is 1.21. The molecule has 0 aromatic carbocycles. The van der Waals surface area contributed by atoms with Crippen LogP contribution in [0.15, 0.2) is 11.1 Å². The van der Waals surface area contributed by atoms with Crippen LogP contribution in [0.1, 0.15) is 0 Å². The van der Waals surface area contributed by atoms with E-state index < -0.39 is 32.4 Å². The quantitative estimate of drug-likeness (QED) is 0.648. The Morgan fingerprint density at radius 1 is 1.23 bits per heavy atom. The van der Waals surface area contributed by atoms with Crippen LogP contribution in [-0.2, 0) is 9.84 Å². The van der Waals surface area contributed by atoms with E-state index in [1.807, 2.05) is 0 Å². The fraction of sp³-hybridized carbons (Fsp3) is 0.167. The van der Waals surface area contributed by atoms with Gasteiger partial charge >= 0.3 is 0 Å². The molecule has 3 nitrogen and oxygen atoms in total. The summed E-state index contributed by atoms with van der Waals surface area (Å²) in [7, 11) is -3.97. The van der Waals surface area contributed by atoms with Crippen molar-refractivity contribution in [2.45, 2.75) is 5.03 Å². The van der Waals surface area contributed by atoms with Crippen molar-refractivity contribution in [1.29, 1.82) is 0 Å². The van der Waals surface area contributed by atoms with Gasteiger partial charge in [-0.15, -0.1) is 0 Å². The molecule has 1 rings (SSSR count). The van der Waals surface area contributed by atoms with E-state index in [2.05, 4.69) is 4.98 Å². The van der Waals surface area contributed by atoms with E-state index in [1.54, 1.807) is 0 Å². The smallest absolute Gasteiger partial charge is 0.222 e. The minimum atomic E-state index is -3.97. The zero-order valence-corrected chi connectivity index (χ0v) is 7.20. The van der Waals surface area contributed by atoms with Crippen molar-refractivity contribution in [3.63, 3.8) is 0 Å². The normalized spacial score (nSPS) is 11.7. The highest BCUT2D eigenvalue weighted by molar-refractivity contribution is 7.90. The molecule has 7 heteroatoms. The Bertz CT molecular complexity index is 443. The minimum absolute atomic E-state index is 0.138. The van der Waals surface area contributed by atoms with E-state index in [9.17, 15) is 21.6 Å². The monoisotopic (exact) mass is 211 g/mol. The zero-order chi connectivity index (χ0) is 10.2. The first kappa shape index (κ1) is 9.97. The van der Waals surface area contributed by atoms with Crippen LogP contribution in [-0.4, -0.2) is 19.7 Å². The van der Waals surface area contributed by atoms with Crippen molar-refractivity contribution >= 4 is 9.84 Å². The molecule has 0 spiro atoms. The summed E-state index contributed by atoms with van der Waals surface area (Å²) in [6.07, 6.45) is 0.649. The molecular formula is C6H4F3NO2S. The number of nitrogens with zero attached hydrogens (tertiary/aromatic N) is 1. The van der Waals surface area contributed by atoms with Crippen LogP contribution in [0.4, 0.5) is 13.2 Å². The first-order chi connectivity index (χ1) is 5.82. The van der Waals surface area contributed by atoms with Crippen molar-refractivity contribution in [2.75, 3.05) is 6.26 Å². The number of halogens is 3. The Hall–Kier alpha value is -1.11. The van der Waals surface area contributed by atoms with Gasteiger partial charge in [-0.1, -0.05) is 0 Å². The molecule has 1 heterocycles. The van der Waals surface area contributed by atoms with Crippen molar-refractivity contribution in [1.82, 2.24) is 4.98 Å². The molecule has 72 valence electrons. The lowest BCUT2D eigenvalue weighted by Gasteiger charge is -1.99. The van der Waals surface area contributed by atoms with Gasteiger partial charge in [0.1, 0.15) is 0 Å². The van der Waals surface area contributed by atoms with E-state index >= 15 is 0 Å². The molecule has 0 unspecified atom stereocenters. The van der Waals surface area contributed by atoms with Crippen LogP contribution in [0.5, 0.6) is 0 Å². The van der Waals surface area contributed by atoms with Gasteiger partial charge in [0, 0.05) is 12.3 Å². The van der Waals surface area contributed by atoms with Gasteiger partial charge in [0.15, 0.2) is 26.5 Å². The van der Waals surface area contributed by atoms with Gasteiger partial charge in [-0.3, -0.25) is 0 Å². The lowest BCUT2D eigenvalue weighted by atomic mass is 10.4. The molecule has 0 aliphatic carbocycles. The lowest BCUT2D eigenvalue weighted by molar-refractivity contribution is 0.443. The molecule has 0 amide bonds. The van der Waals surface area contributed by atoms with Crippen LogP contribution in [0.2, 0.25) is 0 Å². The molecule has 13 heavy (non-hydrogen) atoms. The largest absolute Gasteiger partial charge is 0.250 e. The summed E-state index contributed by atoms with van der Waals surface area (Å²) in [5.74, 6) is -4.56. The number of hydrogen-bond acceptors (Lipinski definition) is 3. The Labute approximate surface area is 72.1 Å². The number of pyridine rings is 1. The maximum Gasteiger partial charge on any atom is 0.250 e. The van der Waals surface area contributed by atoms with Gasteiger partial charge in [-0.05, 0) is 0 Å². The van der Waals surface area contributed by atoms with E-state index in [0.717, 1.165) is 0 Å². The Kier molecular flexibility index (Phi) is 2.29. The zero-order valence-electron chi connectivity index (χ0n) is 6.38. The maximum absolute atomic E-state index is 12.7. The van der Waals surface area contributed by atoms with Crippen LogP contribution in [0, 0.1) is 17.6 Å². The fourth-order valence-corrected chi connectivity index (χ4v) is 1.35. The Morgan fingerprint density at radius 3 is 2.23 bits per heavy atom. The van der Waals surface area contributed by atoms with Gasteiger partial charge in [0.25, 0.3) is 0 Å². The summed E-state index contributed by atoms with van der Waals surface area (Å²) >= 11 is 0. The van der Waals surface area contributed by atoms with Gasteiger partial charge in [0.2, 0.25) is 5.95 Å². The molecule has 0 aliphatic heterocycles. The first-order valence-corrected chi connectivity index (χ1v) is 4.93. The van der Waals surface area contributed by atoms with Crippen LogP contribution in [0.25, 0.3) is 0 Å². The molecule has 0 radical (unpaired) electrons. The number of aromatic nitrogens is 1. The summed E-state index contributed by atoms with van der Waals surface area (Å²) in [6, 6.07) is 0.138. The van der Waals surface area contributed by atoms with Crippen LogP contribution in [0.3, 0.4) is 0 Å². The SMILES string of the molecule is CS(=O)(=O)c1nc(F)c(F)cc1F. The maximum atomic E-state index is 12.7. The predicted octanol–water partition coefficient (Wildman–Crippen LogP) is 0.902. The second-order valence-electron chi connectivity index (χ2n) is 2.32. The molecule has 0 saturated carbocycles. The molecule has 1 aromatic heterocycles. The first-order valence-electron chi connectivity index (χ1n) is 3.04. The van der Waals surface area contributed by atoms with E-state index in [4.69, 9.17) is 0 Å². The molecule has 1 aromatic rings. The van der Waals surface area contributed by atoms with Gasteiger partial charge < -0.3 is 0 Å². The van der Waals surface area contributed by atoms with Gasteiger partial charge in [0.05, 0.1) is 0 Å². The van der Waals surface area contributed by atoms with E-state index in [1.165, 1.54) is 0 Å². The number of sulfone groups is 1. The summed E-state index contributed by atoms with van der Waals surface area (Å²) in [6.45, 7) is 0. The summed E-state index contributed by atoms with van der Waals surface area (Å²) < 4.78 is 58.8. The highest BCUT2D eigenvalue weighted by Crippen LogP contribution is 2.14. The molecular weight excluding hydrogens is 207 g/mol. The summed E-state index contributed by atoms with van der Waals surface area (Å²) in [5, 5.41) is -1.09. The molecule has 0 N–H and O–H groups in total. The van der Waals surface area contributed by atoms with E-state index in [-0.39, 0.29) is 6.07 Å². The number of rotatable bonds is 1. The second-order valence-corrected chi connectivity index (χ2v) is 4.25. The molecule has 0 fully saturated rings. The molecule has 0 bridgehead atoms. The minimum Gasteiger partial charge on any atom is -0.222 e. The average molecular weight is 211 g/mol. The average Bonchev–Trinajstić information content (AvgIpc) is 1.94. The van der Waals surface area contributed by atoms with Crippen LogP contribution < -0.4 is 0 Å². The molecule has 0 atom stereocenters. The molecule has 0 saturated heterocycles. The van der Waals surface area contributed by atoms with Crippen molar-refractivity contribution < 1.29 is 21.6 Å². The van der Waals surface area contributed by atoms with Gasteiger partial charge in [-0.2, -0.15) is 4.39 Å². The third kappa shape index (κ3) is 1.97. The van der Waals surface area contributed by atoms with Gasteiger partial charge in [-0.25, -0.2) is 22.2 Å². The summed E-state index contributed by atoms with van der Waals surface area (Å²) in [4.78, 5) is 2.64. The Morgan fingerprint density at radius 2 is 1.77 bits per heavy atom. The summed E-state index contributed by atoms with van der Waals surface area (Å²) in [5.41, 5.74) is 0. The second kappa shape index (κ2) is 2.99. The van der Waals surface area contributed by atoms with Crippen molar-refractivity contribution in [2.24, 2.45) is 0 Å². The predicted molar refractivity (Wildman–Crippen MR) is 37.2 cm³/mol.